The smallest absolute Gasteiger partial charge is 0.233 e. The maximum atomic E-state index is 12.2. The molecule has 2 aromatic carbocycles. The Labute approximate surface area is 166 Å². The summed E-state index contributed by atoms with van der Waals surface area (Å²) in [5.41, 5.74) is 3.47. The minimum Gasteiger partial charge on any atom is -0.365 e. The number of anilines is 2. The molecule has 0 aliphatic heterocycles. The Morgan fingerprint density at radius 1 is 0.857 bits per heavy atom. The van der Waals surface area contributed by atoms with E-state index in [0.29, 0.717) is 18.8 Å². The number of aryl methyl sites for hydroxylation is 2. The molecule has 7 heteroatoms. The van der Waals surface area contributed by atoms with Crippen molar-refractivity contribution in [2.45, 2.75) is 26.3 Å². The first-order chi connectivity index (χ1) is 13.5. The molecule has 0 fully saturated rings. The van der Waals surface area contributed by atoms with Crippen molar-refractivity contribution in [2.24, 2.45) is 0 Å². The molecule has 1 heterocycles. The lowest BCUT2D eigenvalue weighted by Crippen LogP contribution is -2.18. The molecule has 1 aromatic heterocycles. The zero-order chi connectivity index (χ0) is 19.8. The number of hydrogen-bond acceptors (Lipinski definition) is 5. The Balaban J connectivity index is 1.48. The van der Waals surface area contributed by atoms with E-state index in [2.05, 4.69) is 26.3 Å². The Bertz CT molecular complexity index is 990. The Hall–Kier alpha value is -2.93. The number of benzene rings is 2. The van der Waals surface area contributed by atoms with E-state index in [1.165, 1.54) is 5.56 Å². The Kier molecular flexibility index (Phi) is 6.60. The van der Waals surface area contributed by atoms with Crippen molar-refractivity contribution in [2.75, 3.05) is 15.8 Å². The van der Waals surface area contributed by atoms with Gasteiger partial charge in [0.1, 0.15) is 5.82 Å². The summed E-state index contributed by atoms with van der Waals surface area (Å²) in [6.45, 7) is 2.67. The lowest BCUT2D eigenvalue weighted by molar-refractivity contribution is 0.598. The minimum absolute atomic E-state index is 0.0386. The summed E-state index contributed by atoms with van der Waals surface area (Å²) in [4.78, 5) is 0. The number of sulfonamides is 1. The quantitative estimate of drug-likeness (QED) is 0.575. The van der Waals surface area contributed by atoms with Crippen LogP contribution in [0.3, 0.4) is 0 Å². The van der Waals surface area contributed by atoms with E-state index in [0.717, 1.165) is 17.5 Å². The first kappa shape index (κ1) is 19.8. The summed E-state index contributed by atoms with van der Waals surface area (Å²) in [6.07, 6.45) is 1.26. The van der Waals surface area contributed by atoms with Crippen molar-refractivity contribution in [1.29, 1.82) is 0 Å². The number of rotatable bonds is 9. The molecule has 0 aliphatic rings. The number of nitrogens with one attached hydrogen (secondary N) is 2. The summed E-state index contributed by atoms with van der Waals surface area (Å²) < 4.78 is 26.9. The molecular formula is C21H24N4O2S. The van der Waals surface area contributed by atoms with Crippen molar-refractivity contribution in [3.63, 3.8) is 0 Å². The van der Waals surface area contributed by atoms with Crippen LogP contribution in [-0.4, -0.2) is 24.4 Å². The van der Waals surface area contributed by atoms with E-state index in [1.807, 2.05) is 55.5 Å². The number of hydrogen-bond donors (Lipinski definition) is 2. The normalized spacial score (nSPS) is 11.2. The zero-order valence-corrected chi connectivity index (χ0v) is 16.6. The van der Waals surface area contributed by atoms with Crippen LogP contribution in [0.2, 0.25) is 0 Å². The van der Waals surface area contributed by atoms with Gasteiger partial charge in [-0.05, 0) is 43.0 Å². The second-order valence-corrected chi connectivity index (χ2v) is 8.50. The lowest BCUT2D eigenvalue weighted by Gasteiger charge is -2.09. The van der Waals surface area contributed by atoms with Crippen molar-refractivity contribution >= 4 is 21.7 Å². The standard InChI is InChI=1S/C21H24N4O2S/c1-17-7-5-10-19(15-17)16-22-20-12-13-21(24-23-20)25-28(26,27)14-6-11-18-8-3-2-4-9-18/h2-5,7-10,12-13,15H,6,11,14,16H2,1H3,(H,22,23)(H,24,25). The molecule has 0 saturated carbocycles. The van der Waals surface area contributed by atoms with Gasteiger partial charge in [-0.15, -0.1) is 10.2 Å². The maximum absolute atomic E-state index is 12.2. The van der Waals surface area contributed by atoms with Gasteiger partial charge in [0, 0.05) is 6.54 Å². The molecule has 0 saturated heterocycles. The van der Waals surface area contributed by atoms with Crippen molar-refractivity contribution in [3.8, 4) is 0 Å². The Morgan fingerprint density at radius 3 is 2.29 bits per heavy atom. The van der Waals surface area contributed by atoms with Gasteiger partial charge in [0.15, 0.2) is 5.82 Å². The molecule has 0 spiro atoms. The molecular weight excluding hydrogens is 372 g/mol. The van der Waals surface area contributed by atoms with Crippen molar-refractivity contribution in [3.05, 3.63) is 83.4 Å². The molecule has 2 N–H and O–H groups in total. The molecule has 3 rings (SSSR count). The SMILES string of the molecule is Cc1cccc(CNc2ccc(NS(=O)(=O)CCCc3ccccc3)nn2)c1. The molecule has 28 heavy (non-hydrogen) atoms. The maximum Gasteiger partial charge on any atom is 0.233 e. The topological polar surface area (TPSA) is 84.0 Å². The predicted octanol–water partition coefficient (Wildman–Crippen LogP) is 3.77. The molecule has 0 unspecified atom stereocenters. The highest BCUT2D eigenvalue weighted by Crippen LogP contribution is 2.11. The predicted molar refractivity (Wildman–Crippen MR) is 113 cm³/mol. The van der Waals surface area contributed by atoms with Gasteiger partial charge in [-0.3, -0.25) is 4.72 Å². The average Bonchev–Trinajstić information content (AvgIpc) is 2.68. The van der Waals surface area contributed by atoms with Crippen LogP contribution in [0.15, 0.2) is 66.7 Å². The molecule has 6 nitrogen and oxygen atoms in total. The summed E-state index contributed by atoms with van der Waals surface area (Å²) in [5.74, 6) is 0.853. The molecule has 0 bridgehead atoms. The van der Waals surface area contributed by atoms with Crippen LogP contribution in [0.5, 0.6) is 0 Å². The largest absolute Gasteiger partial charge is 0.365 e. The highest BCUT2D eigenvalue weighted by molar-refractivity contribution is 7.92. The van der Waals surface area contributed by atoms with Crippen LogP contribution in [-0.2, 0) is 23.0 Å². The van der Waals surface area contributed by atoms with Crippen molar-refractivity contribution in [1.82, 2.24) is 10.2 Å². The second-order valence-electron chi connectivity index (χ2n) is 6.66. The molecule has 0 atom stereocenters. The fraction of sp³-hybridized carbons (Fsp3) is 0.238. The van der Waals surface area contributed by atoms with E-state index in [1.54, 1.807) is 12.1 Å². The monoisotopic (exact) mass is 396 g/mol. The summed E-state index contributed by atoms with van der Waals surface area (Å²) in [5, 5.41) is 11.2. The van der Waals surface area contributed by atoms with E-state index < -0.39 is 10.0 Å². The third-order valence-corrected chi connectivity index (χ3v) is 5.55. The number of nitrogens with zero attached hydrogens (tertiary/aromatic N) is 2. The molecule has 3 aromatic rings. The van der Waals surface area contributed by atoms with Gasteiger partial charge in [-0.2, -0.15) is 0 Å². The molecule has 146 valence electrons. The van der Waals surface area contributed by atoms with Gasteiger partial charge < -0.3 is 5.32 Å². The molecule has 0 radical (unpaired) electrons. The first-order valence-electron chi connectivity index (χ1n) is 9.18. The van der Waals surface area contributed by atoms with E-state index in [-0.39, 0.29) is 11.6 Å². The third kappa shape index (κ3) is 6.35. The van der Waals surface area contributed by atoms with E-state index >= 15 is 0 Å². The lowest BCUT2D eigenvalue weighted by atomic mass is 10.1. The van der Waals surface area contributed by atoms with Gasteiger partial charge in [0.05, 0.1) is 5.75 Å². The zero-order valence-electron chi connectivity index (χ0n) is 15.8. The van der Waals surface area contributed by atoms with E-state index in [9.17, 15) is 8.42 Å². The third-order valence-electron chi connectivity index (χ3n) is 4.20. The number of aromatic nitrogens is 2. The molecule has 0 aliphatic carbocycles. The van der Waals surface area contributed by atoms with Gasteiger partial charge in [0.2, 0.25) is 10.0 Å². The van der Waals surface area contributed by atoms with Gasteiger partial charge >= 0.3 is 0 Å². The van der Waals surface area contributed by atoms with Crippen LogP contribution >= 0.6 is 0 Å². The van der Waals surface area contributed by atoms with Gasteiger partial charge in [-0.25, -0.2) is 8.42 Å². The van der Waals surface area contributed by atoms with Crippen LogP contribution in [0.1, 0.15) is 23.1 Å². The second kappa shape index (κ2) is 9.32. The fourth-order valence-electron chi connectivity index (χ4n) is 2.82. The van der Waals surface area contributed by atoms with Crippen LogP contribution in [0.25, 0.3) is 0 Å². The summed E-state index contributed by atoms with van der Waals surface area (Å²) in [7, 11) is -3.45. The minimum atomic E-state index is -3.45. The average molecular weight is 397 g/mol. The first-order valence-corrected chi connectivity index (χ1v) is 10.8. The van der Waals surface area contributed by atoms with Gasteiger partial charge in [0.25, 0.3) is 0 Å². The highest BCUT2D eigenvalue weighted by atomic mass is 32.2. The summed E-state index contributed by atoms with van der Waals surface area (Å²) in [6, 6.07) is 21.3. The van der Waals surface area contributed by atoms with E-state index in [4.69, 9.17) is 0 Å². The summed E-state index contributed by atoms with van der Waals surface area (Å²) >= 11 is 0. The van der Waals surface area contributed by atoms with Gasteiger partial charge in [-0.1, -0.05) is 60.2 Å². The van der Waals surface area contributed by atoms with Crippen LogP contribution < -0.4 is 10.0 Å². The van der Waals surface area contributed by atoms with Crippen LogP contribution in [0, 0.1) is 6.92 Å². The van der Waals surface area contributed by atoms with Crippen LogP contribution in [0.4, 0.5) is 11.6 Å². The molecule has 0 amide bonds. The van der Waals surface area contributed by atoms with Crippen molar-refractivity contribution < 1.29 is 8.42 Å². The fourth-order valence-corrected chi connectivity index (χ4v) is 3.87. The highest BCUT2D eigenvalue weighted by Gasteiger charge is 2.11. The Morgan fingerprint density at radius 2 is 1.57 bits per heavy atom.